The van der Waals surface area contributed by atoms with E-state index in [-0.39, 0.29) is 0 Å². The molecular weight excluding hydrogens is 142 g/mol. The summed E-state index contributed by atoms with van der Waals surface area (Å²) >= 11 is 3.31. The van der Waals surface area contributed by atoms with Gasteiger partial charge in [-0.1, -0.05) is 13.8 Å². The quantitative estimate of drug-likeness (QED) is 0.543. The summed E-state index contributed by atoms with van der Waals surface area (Å²) in [6.07, 6.45) is 0. The molecule has 0 radical (unpaired) electrons. The van der Waals surface area contributed by atoms with Crippen molar-refractivity contribution in [1.82, 2.24) is 3.93 Å². The zero-order valence-electron chi connectivity index (χ0n) is 4.24. The van der Waals surface area contributed by atoms with Gasteiger partial charge in [0, 0.05) is 29.2 Å². The molecule has 0 aromatic carbocycles. The van der Waals surface area contributed by atoms with Crippen LogP contribution < -0.4 is 0 Å². The van der Waals surface area contributed by atoms with E-state index in [2.05, 4.69) is 33.9 Å². The van der Waals surface area contributed by atoms with Crippen LogP contribution in [0.2, 0.25) is 0 Å². The van der Waals surface area contributed by atoms with Crippen molar-refractivity contribution in [3.8, 4) is 0 Å². The van der Waals surface area contributed by atoms with Gasteiger partial charge in [-0.05, 0) is 0 Å². The molecule has 0 saturated carbocycles. The Morgan fingerprint density at radius 3 is 1.67 bits per heavy atom. The van der Waals surface area contributed by atoms with Crippen LogP contribution in [0.5, 0.6) is 0 Å². The van der Waals surface area contributed by atoms with Gasteiger partial charge in [-0.15, -0.1) is 0 Å². The zero-order valence-corrected chi connectivity index (χ0v) is 5.83. The highest BCUT2D eigenvalue weighted by Crippen LogP contribution is 1.91. The molecule has 0 aromatic rings. The Bertz CT molecular complexity index is 26.7. The monoisotopic (exact) mass is 151 g/mol. The van der Waals surface area contributed by atoms with E-state index in [4.69, 9.17) is 0 Å². The van der Waals surface area contributed by atoms with Gasteiger partial charge in [-0.2, -0.15) is 0 Å². The molecule has 0 heterocycles. The fraction of sp³-hybridized carbons (Fsp3) is 1.00. The van der Waals surface area contributed by atoms with Crippen LogP contribution in [-0.2, 0) is 0 Å². The van der Waals surface area contributed by atoms with Gasteiger partial charge >= 0.3 is 0 Å². The van der Waals surface area contributed by atoms with Crippen molar-refractivity contribution in [1.29, 1.82) is 0 Å². The van der Waals surface area contributed by atoms with Crippen molar-refractivity contribution in [2.24, 2.45) is 0 Å². The fourth-order valence-corrected chi connectivity index (χ4v) is 0.224. The first-order valence-electron chi connectivity index (χ1n) is 2.22. The molecule has 0 aromatic heterocycles. The van der Waals surface area contributed by atoms with E-state index < -0.39 is 0 Å². The van der Waals surface area contributed by atoms with E-state index in [1.807, 2.05) is 0 Å². The summed E-state index contributed by atoms with van der Waals surface area (Å²) in [5, 5.41) is 0. The number of halogens is 1. The number of hydrogen-bond acceptors (Lipinski definition) is 1. The third-order valence-electron chi connectivity index (χ3n) is 0.686. The first-order valence-corrected chi connectivity index (χ1v) is 2.92. The van der Waals surface area contributed by atoms with Crippen LogP contribution in [0.25, 0.3) is 0 Å². The van der Waals surface area contributed by atoms with Gasteiger partial charge in [0.25, 0.3) is 0 Å². The van der Waals surface area contributed by atoms with E-state index in [9.17, 15) is 0 Å². The summed E-state index contributed by atoms with van der Waals surface area (Å²) in [6, 6.07) is 0. The molecule has 0 amide bonds. The Balaban J connectivity index is 2.75. The first kappa shape index (κ1) is 6.44. The molecule has 6 heavy (non-hydrogen) atoms. The second kappa shape index (κ2) is 3.62. The van der Waals surface area contributed by atoms with Gasteiger partial charge < -0.3 is 0 Å². The molecule has 0 aliphatic heterocycles. The molecule has 1 nitrogen and oxygen atoms in total. The minimum Gasteiger partial charge on any atom is -0.243 e. The molecule has 0 fully saturated rings. The molecule has 0 atom stereocenters. The van der Waals surface area contributed by atoms with Gasteiger partial charge in [-0.3, -0.25) is 0 Å². The Morgan fingerprint density at radius 1 is 1.33 bits per heavy atom. The lowest BCUT2D eigenvalue weighted by atomic mass is 10.7. The Hall–Kier alpha value is 0.440. The largest absolute Gasteiger partial charge is 0.243 e. The van der Waals surface area contributed by atoms with Crippen LogP contribution >= 0.6 is 16.1 Å². The smallest absolute Gasteiger partial charge is 0.0119 e. The van der Waals surface area contributed by atoms with E-state index in [1.165, 1.54) is 0 Å². The SMILES string of the molecule is CCN(Br)CC. The van der Waals surface area contributed by atoms with Gasteiger partial charge in [-0.25, -0.2) is 3.93 Å². The average molecular weight is 152 g/mol. The molecule has 0 saturated heterocycles. The van der Waals surface area contributed by atoms with Crippen LogP contribution in [0.3, 0.4) is 0 Å². The lowest BCUT2D eigenvalue weighted by Gasteiger charge is -2.03. The highest BCUT2D eigenvalue weighted by atomic mass is 79.9. The van der Waals surface area contributed by atoms with Crippen molar-refractivity contribution < 1.29 is 0 Å². The van der Waals surface area contributed by atoms with Gasteiger partial charge in [0.15, 0.2) is 0 Å². The predicted molar refractivity (Wildman–Crippen MR) is 31.8 cm³/mol. The third-order valence-corrected chi connectivity index (χ3v) is 1.69. The minimum atomic E-state index is 1.08. The Kier molecular flexibility index (Phi) is 3.89. The molecule has 0 bridgehead atoms. The van der Waals surface area contributed by atoms with Crippen LogP contribution in [0.15, 0.2) is 0 Å². The lowest BCUT2D eigenvalue weighted by molar-refractivity contribution is 0.544. The summed E-state index contributed by atoms with van der Waals surface area (Å²) < 4.78 is 2.06. The molecule has 0 rings (SSSR count). The summed E-state index contributed by atoms with van der Waals surface area (Å²) in [7, 11) is 0. The maximum atomic E-state index is 3.31. The molecule has 0 aliphatic carbocycles. The van der Waals surface area contributed by atoms with Crippen LogP contribution in [-0.4, -0.2) is 17.0 Å². The zero-order chi connectivity index (χ0) is 4.99. The molecule has 38 valence electrons. The van der Waals surface area contributed by atoms with Crippen molar-refractivity contribution in [3.63, 3.8) is 0 Å². The summed E-state index contributed by atoms with van der Waals surface area (Å²) in [5.74, 6) is 0. The Labute approximate surface area is 47.7 Å². The standard InChI is InChI=1S/C4H10BrN/c1-3-6(5)4-2/h3-4H2,1-2H3. The highest BCUT2D eigenvalue weighted by molar-refractivity contribution is 9.07. The van der Waals surface area contributed by atoms with Crippen LogP contribution in [0, 0.1) is 0 Å². The number of hydrogen-bond donors (Lipinski definition) is 0. The minimum absolute atomic E-state index is 1.08. The molecule has 0 aliphatic rings. The molecule has 2 heteroatoms. The number of rotatable bonds is 2. The molecular formula is C4H10BrN. The third kappa shape index (κ3) is 2.67. The van der Waals surface area contributed by atoms with Gasteiger partial charge in [0.1, 0.15) is 0 Å². The van der Waals surface area contributed by atoms with Crippen molar-refractivity contribution in [2.75, 3.05) is 13.1 Å². The normalized spacial score (nSPS) is 10.0. The van der Waals surface area contributed by atoms with Crippen molar-refractivity contribution in [3.05, 3.63) is 0 Å². The first-order chi connectivity index (χ1) is 2.81. The van der Waals surface area contributed by atoms with Crippen molar-refractivity contribution in [2.45, 2.75) is 13.8 Å². The lowest BCUT2D eigenvalue weighted by Crippen LogP contribution is -2.07. The highest BCUT2D eigenvalue weighted by Gasteiger charge is 1.84. The summed E-state index contributed by atoms with van der Waals surface area (Å²) in [5.41, 5.74) is 0. The summed E-state index contributed by atoms with van der Waals surface area (Å²) in [6.45, 7) is 6.38. The Morgan fingerprint density at radius 2 is 1.67 bits per heavy atom. The van der Waals surface area contributed by atoms with E-state index in [1.54, 1.807) is 0 Å². The van der Waals surface area contributed by atoms with Gasteiger partial charge in [0.2, 0.25) is 0 Å². The molecule has 0 spiro atoms. The van der Waals surface area contributed by atoms with E-state index in [0.717, 1.165) is 13.1 Å². The maximum absolute atomic E-state index is 3.31. The van der Waals surface area contributed by atoms with Crippen LogP contribution in [0.4, 0.5) is 0 Å². The number of nitrogens with zero attached hydrogens (tertiary/aromatic N) is 1. The van der Waals surface area contributed by atoms with Gasteiger partial charge in [0.05, 0.1) is 0 Å². The van der Waals surface area contributed by atoms with Crippen LogP contribution in [0.1, 0.15) is 13.8 Å². The average Bonchev–Trinajstić information content (AvgIpc) is 1.65. The topological polar surface area (TPSA) is 3.24 Å². The molecule has 0 unspecified atom stereocenters. The maximum Gasteiger partial charge on any atom is 0.0119 e. The van der Waals surface area contributed by atoms with E-state index in [0.29, 0.717) is 0 Å². The second-order valence-electron chi connectivity index (χ2n) is 1.10. The fourth-order valence-electron chi connectivity index (χ4n) is 0.224. The van der Waals surface area contributed by atoms with Crippen molar-refractivity contribution >= 4 is 16.1 Å². The summed E-state index contributed by atoms with van der Waals surface area (Å²) in [4.78, 5) is 0. The van der Waals surface area contributed by atoms with E-state index >= 15 is 0 Å². The second-order valence-corrected chi connectivity index (χ2v) is 2.10. The molecule has 0 N–H and O–H groups in total. The predicted octanol–water partition coefficient (Wildman–Crippen LogP) is 1.64.